The van der Waals surface area contributed by atoms with E-state index in [9.17, 15) is 28.3 Å². The quantitative estimate of drug-likeness (QED) is 0.269. The van der Waals surface area contributed by atoms with Gasteiger partial charge >= 0.3 is 5.97 Å². The molecular weight excluding hydrogens is 502 g/mol. The molecule has 6 nitrogen and oxygen atoms in total. The molecule has 9 heteroatoms. The van der Waals surface area contributed by atoms with E-state index >= 15 is 0 Å². The Kier molecular flexibility index (Phi) is 7.31. The van der Waals surface area contributed by atoms with E-state index in [1.54, 1.807) is 36.4 Å². The Labute approximate surface area is 215 Å². The number of halogens is 3. The number of carboxylic acids is 1. The van der Waals surface area contributed by atoms with Crippen LogP contribution in [0.3, 0.4) is 0 Å². The zero-order chi connectivity index (χ0) is 26.7. The molecule has 4 aromatic carbocycles. The molecule has 0 aromatic heterocycles. The molecule has 0 radical (unpaired) electrons. The number of ketones is 1. The van der Waals surface area contributed by atoms with Gasteiger partial charge in [-0.1, -0.05) is 11.6 Å². The number of anilines is 3. The molecule has 0 aliphatic carbocycles. The van der Waals surface area contributed by atoms with Crippen molar-refractivity contribution in [3.05, 3.63) is 124 Å². The Balaban J connectivity index is 1.61. The molecule has 4 rings (SSSR count). The van der Waals surface area contributed by atoms with Crippen LogP contribution in [-0.4, -0.2) is 29.8 Å². The molecule has 37 heavy (non-hydrogen) atoms. The van der Waals surface area contributed by atoms with Gasteiger partial charge in [0.1, 0.15) is 11.6 Å². The lowest BCUT2D eigenvalue weighted by molar-refractivity contribution is 0.0697. The number of amides is 1. The van der Waals surface area contributed by atoms with E-state index in [4.69, 9.17) is 11.6 Å². The zero-order valence-corrected chi connectivity index (χ0v) is 20.1. The maximum absolute atomic E-state index is 14.0. The molecule has 0 atom stereocenters. The van der Waals surface area contributed by atoms with Gasteiger partial charge in [-0.05, 0) is 78.9 Å². The van der Waals surface area contributed by atoms with Gasteiger partial charge in [0, 0.05) is 46.2 Å². The molecule has 186 valence electrons. The molecule has 0 unspecified atom stereocenters. The van der Waals surface area contributed by atoms with E-state index in [1.807, 2.05) is 24.1 Å². The molecule has 2 N–H and O–H groups in total. The van der Waals surface area contributed by atoms with Crippen molar-refractivity contribution >= 4 is 46.3 Å². The van der Waals surface area contributed by atoms with E-state index < -0.39 is 35.0 Å². The average Bonchev–Trinajstić information content (AvgIpc) is 2.90. The highest BCUT2D eigenvalue weighted by atomic mass is 35.5. The minimum Gasteiger partial charge on any atom is -0.478 e. The van der Waals surface area contributed by atoms with E-state index in [2.05, 4.69) is 5.32 Å². The van der Waals surface area contributed by atoms with Crippen LogP contribution < -0.4 is 10.2 Å². The summed E-state index contributed by atoms with van der Waals surface area (Å²) >= 11 is 5.94. The number of aromatic carboxylic acids is 1. The van der Waals surface area contributed by atoms with E-state index in [0.29, 0.717) is 5.02 Å². The van der Waals surface area contributed by atoms with Crippen molar-refractivity contribution in [3.63, 3.8) is 0 Å². The summed E-state index contributed by atoms with van der Waals surface area (Å²) in [6.45, 7) is 0. The van der Waals surface area contributed by atoms with Crippen LogP contribution in [0.4, 0.5) is 25.8 Å². The molecule has 4 aromatic rings. The number of hydrogen-bond acceptors (Lipinski definition) is 4. The third-order valence-electron chi connectivity index (χ3n) is 5.61. The van der Waals surface area contributed by atoms with Gasteiger partial charge in [-0.25, -0.2) is 13.6 Å². The van der Waals surface area contributed by atoms with Crippen LogP contribution in [0.2, 0.25) is 5.02 Å². The smallest absolute Gasteiger partial charge is 0.335 e. The van der Waals surface area contributed by atoms with Crippen molar-refractivity contribution in [1.29, 1.82) is 0 Å². The van der Waals surface area contributed by atoms with E-state index in [1.165, 1.54) is 6.07 Å². The molecule has 1 amide bonds. The molecule has 0 spiro atoms. The van der Waals surface area contributed by atoms with Crippen LogP contribution in [0, 0.1) is 11.6 Å². The number of nitrogens with zero attached hydrogens (tertiary/aromatic N) is 1. The maximum Gasteiger partial charge on any atom is 0.335 e. The number of carbonyl (C=O) groups is 3. The summed E-state index contributed by atoms with van der Waals surface area (Å²) in [5.74, 6) is -4.42. The fraction of sp³-hybridized carbons (Fsp3) is 0.0357. The van der Waals surface area contributed by atoms with Gasteiger partial charge in [0.2, 0.25) is 0 Å². The van der Waals surface area contributed by atoms with Crippen LogP contribution in [0.25, 0.3) is 0 Å². The van der Waals surface area contributed by atoms with Crippen LogP contribution in [0.1, 0.15) is 36.6 Å². The van der Waals surface area contributed by atoms with Crippen molar-refractivity contribution < 1.29 is 28.3 Å². The topological polar surface area (TPSA) is 86.7 Å². The molecule has 0 aliphatic heterocycles. The first-order valence-corrected chi connectivity index (χ1v) is 11.3. The van der Waals surface area contributed by atoms with Gasteiger partial charge in [0.05, 0.1) is 11.3 Å². The van der Waals surface area contributed by atoms with E-state index in [-0.39, 0.29) is 22.3 Å². The summed E-state index contributed by atoms with van der Waals surface area (Å²) in [6.07, 6.45) is 0. The fourth-order valence-corrected chi connectivity index (χ4v) is 3.74. The highest BCUT2D eigenvalue weighted by Gasteiger charge is 2.19. The predicted molar refractivity (Wildman–Crippen MR) is 137 cm³/mol. The van der Waals surface area contributed by atoms with Crippen LogP contribution in [0.5, 0.6) is 0 Å². The number of hydrogen-bond donors (Lipinski definition) is 2. The molecule has 0 fully saturated rings. The van der Waals surface area contributed by atoms with Crippen molar-refractivity contribution in [1.82, 2.24) is 0 Å². The van der Waals surface area contributed by atoms with Gasteiger partial charge in [-0.3, -0.25) is 9.59 Å². The first kappa shape index (κ1) is 25.5. The number of benzene rings is 4. The molecule has 0 saturated carbocycles. The second-order valence-electron chi connectivity index (χ2n) is 8.09. The maximum atomic E-state index is 14.0. The predicted octanol–water partition coefficient (Wildman–Crippen LogP) is 6.57. The van der Waals surface area contributed by atoms with Gasteiger partial charge < -0.3 is 15.3 Å². The second kappa shape index (κ2) is 10.6. The molecule has 0 bridgehead atoms. The minimum absolute atomic E-state index is 0.0522. The molecule has 0 saturated heterocycles. The summed E-state index contributed by atoms with van der Waals surface area (Å²) in [6, 6.07) is 19.8. The lowest BCUT2D eigenvalue weighted by atomic mass is 9.98. The Morgan fingerprint density at radius 1 is 0.757 bits per heavy atom. The van der Waals surface area contributed by atoms with Gasteiger partial charge in [-0.2, -0.15) is 0 Å². The third-order valence-corrected chi connectivity index (χ3v) is 5.86. The lowest BCUT2D eigenvalue weighted by Crippen LogP contribution is -2.16. The van der Waals surface area contributed by atoms with Crippen molar-refractivity contribution in [3.8, 4) is 0 Å². The number of carbonyl (C=O) groups excluding carboxylic acids is 2. The van der Waals surface area contributed by atoms with Crippen molar-refractivity contribution in [2.45, 2.75) is 0 Å². The van der Waals surface area contributed by atoms with Crippen LogP contribution in [0.15, 0.2) is 84.9 Å². The Bertz CT molecular complexity index is 1510. The van der Waals surface area contributed by atoms with Crippen LogP contribution >= 0.6 is 11.6 Å². The summed E-state index contributed by atoms with van der Waals surface area (Å²) in [5, 5.41) is 12.3. The zero-order valence-electron chi connectivity index (χ0n) is 19.3. The first-order chi connectivity index (χ1) is 17.6. The minimum atomic E-state index is -1.36. The highest BCUT2D eigenvalue weighted by molar-refractivity contribution is 6.30. The van der Waals surface area contributed by atoms with E-state index in [0.717, 1.165) is 41.7 Å². The van der Waals surface area contributed by atoms with Gasteiger partial charge in [0.15, 0.2) is 5.78 Å². The largest absolute Gasteiger partial charge is 0.478 e. The standard InChI is InChI=1S/C28H19ClF2N2O4/c1-33(23-9-4-20(29)5-10-23)22-7-2-16(3-8-22)26(34)17-12-18(14-19(13-17)28(36)37)27(35)32-25-15-21(30)6-11-24(25)31/h2-15H,1H3,(H,32,35)(H,36,37). The second-order valence-corrected chi connectivity index (χ2v) is 8.53. The fourth-order valence-electron chi connectivity index (χ4n) is 3.62. The highest BCUT2D eigenvalue weighted by Crippen LogP contribution is 2.26. The molecular formula is C28H19ClF2N2O4. The van der Waals surface area contributed by atoms with Gasteiger partial charge in [-0.15, -0.1) is 0 Å². The Morgan fingerprint density at radius 3 is 1.95 bits per heavy atom. The lowest BCUT2D eigenvalue weighted by Gasteiger charge is -2.19. The average molecular weight is 521 g/mol. The summed E-state index contributed by atoms with van der Waals surface area (Å²) in [5.41, 5.74) is 0.945. The normalized spacial score (nSPS) is 10.6. The van der Waals surface area contributed by atoms with Crippen molar-refractivity contribution in [2.75, 3.05) is 17.3 Å². The monoisotopic (exact) mass is 520 g/mol. The summed E-state index contributed by atoms with van der Waals surface area (Å²) < 4.78 is 27.4. The van der Waals surface area contributed by atoms with Crippen molar-refractivity contribution in [2.24, 2.45) is 0 Å². The number of rotatable bonds is 7. The number of carboxylic acid groups (broad SMARTS) is 1. The van der Waals surface area contributed by atoms with Gasteiger partial charge in [0.25, 0.3) is 5.91 Å². The number of nitrogens with one attached hydrogen (secondary N) is 1. The molecule has 0 heterocycles. The van der Waals surface area contributed by atoms with Crippen LogP contribution in [-0.2, 0) is 0 Å². The molecule has 0 aliphatic rings. The third kappa shape index (κ3) is 5.82. The Morgan fingerprint density at radius 2 is 1.32 bits per heavy atom. The Hall–Kier alpha value is -4.56. The SMILES string of the molecule is CN(c1ccc(Cl)cc1)c1ccc(C(=O)c2cc(C(=O)O)cc(C(=O)Nc3cc(F)ccc3F)c2)cc1. The summed E-state index contributed by atoms with van der Waals surface area (Å²) in [4.78, 5) is 39.4. The summed E-state index contributed by atoms with van der Waals surface area (Å²) in [7, 11) is 1.85. The first-order valence-electron chi connectivity index (χ1n) is 10.9.